The second kappa shape index (κ2) is 6.49. The van der Waals surface area contributed by atoms with Gasteiger partial charge < -0.3 is 0 Å². The first-order valence-electron chi connectivity index (χ1n) is 5.78. The van der Waals surface area contributed by atoms with Gasteiger partial charge in [0.2, 0.25) is 0 Å². The molecule has 0 aromatic heterocycles. The second-order valence-electron chi connectivity index (χ2n) is 4.73. The number of rotatable bonds is 5. The third kappa shape index (κ3) is 5.04. The van der Waals surface area contributed by atoms with Crippen molar-refractivity contribution in [2.75, 3.05) is 11.5 Å². The molecule has 1 aliphatic rings. The molecule has 14 heavy (non-hydrogen) atoms. The number of ketones is 1. The van der Waals surface area contributed by atoms with Gasteiger partial charge in [0.05, 0.1) is 0 Å². The van der Waals surface area contributed by atoms with E-state index in [0.717, 1.165) is 19.3 Å². The van der Waals surface area contributed by atoms with E-state index < -0.39 is 0 Å². The molecule has 1 aliphatic heterocycles. The summed E-state index contributed by atoms with van der Waals surface area (Å²) in [4.78, 5) is 11.6. The number of Topliss-reactive ketones (excluding diaryl/α,β-unsaturated/α-hetero) is 1. The summed E-state index contributed by atoms with van der Waals surface area (Å²) in [6.45, 7) is 4.37. The summed E-state index contributed by atoms with van der Waals surface area (Å²) in [6, 6.07) is 0. The maximum atomic E-state index is 11.6. The number of thioether (sulfide) groups is 1. The Morgan fingerprint density at radius 2 is 2.00 bits per heavy atom. The highest BCUT2D eigenvalue weighted by atomic mass is 32.2. The van der Waals surface area contributed by atoms with Gasteiger partial charge in [-0.05, 0) is 42.6 Å². The monoisotopic (exact) mass is 214 g/mol. The minimum Gasteiger partial charge on any atom is -0.300 e. The zero-order chi connectivity index (χ0) is 10.4. The van der Waals surface area contributed by atoms with Crippen LogP contribution in [0, 0.1) is 11.8 Å². The van der Waals surface area contributed by atoms with Crippen LogP contribution in [0.25, 0.3) is 0 Å². The van der Waals surface area contributed by atoms with Crippen molar-refractivity contribution in [1.82, 2.24) is 0 Å². The minimum absolute atomic E-state index is 0.496. The molecule has 0 saturated carbocycles. The Bertz CT molecular complexity index is 171. The van der Waals surface area contributed by atoms with E-state index in [1.807, 2.05) is 11.8 Å². The van der Waals surface area contributed by atoms with Gasteiger partial charge >= 0.3 is 0 Å². The quantitative estimate of drug-likeness (QED) is 0.696. The third-order valence-corrected chi connectivity index (χ3v) is 3.91. The lowest BCUT2D eigenvalue weighted by molar-refractivity contribution is -0.120. The molecule has 0 atom stereocenters. The highest BCUT2D eigenvalue weighted by Gasteiger charge is 2.16. The van der Waals surface area contributed by atoms with E-state index in [1.54, 1.807) is 0 Å². The maximum Gasteiger partial charge on any atom is 0.133 e. The van der Waals surface area contributed by atoms with Crippen LogP contribution in [0.3, 0.4) is 0 Å². The molecule has 0 aliphatic carbocycles. The fourth-order valence-electron chi connectivity index (χ4n) is 1.82. The van der Waals surface area contributed by atoms with Gasteiger partial charge in [0.1, 0.15) is 5.78 Å². The smallest absolute Gasteiger partial charge is 0.133 e. The first-order valence-corrected chi connectivity index (χ1v) is 6.93. The fourth-order valence-corrected chi connectivity index (χ4v) is 3.03. The van der Waals surface area contributed by atoms with E-state index in [4.69, 9.17) is 0 Å². The molecule has 0 radical (unpaired) electrons. The van der Waals surface area contributed by atoms with Crippen LogP contribution in [0.4, 0.5) is 0 Å². The summed E-state index contributed by atoms with van der Waals surface area (Å²) in [5.41, 5.74) is 0. The van der Waals surface area contributed by atoms with Crippen molar-refractivity contribution in [1.29, 1.82) is 0 Å². The summed E-state index contributed by atoms with van der Waals surface area (Å²) in [6.07, 6.45) is 5.26. The van der Waals surface area contributed by atoms with Crippen molar-refractivity contribution >= 4 is 17.5 Å². The highest BCUT2D eigenvalue weighted by molar-refractivity contribution is 7.99. The highest BCUT2D eigenvalue weighted by Crippen LogP contribution is 2.26. The molecule has 2 heteroatoms. The molecule has 0 N–H and O–H groups in total. The number of hydrogen-bond donors (Lipinski definition) is 0. The van der Waals surface area contributed by atoms with Crippen LogP contribution >= 0.6 is 11.8 Å². The van der Waals surface area contributed by atoms with E-state index in [2.05, 4.69) is 13.8 Å². The Morgan fingerprint density at radius 1 is 1.36 bits per heavy atom. The van der Waals surface area contributed by atoms with Crippen molar-refractivity contribution in [2.45, 2.75) is 46.0 Å². The minimum atomic E-state index is 0.496. The molecule has 82 valence electrons. The van der Waals surface area contributed by atoms with E-state index in [0.29, 0.717) is 17.6 Å². The Morgan fingerprint density at radius 3 is 2.57 bits per heavy atom. The lowest BCUT2D eigenvalue weighted by Crippen LogP contribution is -2.14. The Labute approximate surface area is 92.0 Å². The molecule has 0 aromatic carbocycles. The number of carbonyl (C=O) groups is 1. The van der Waals surface area contributed by atoms with Crippen LogP contribution < -0.4 is 0 Å². The summed E-state index contributed by atoms with van der Waals surface area (Å²) >= 11 is 2.03. The van der Waals surface area contributed by atoms with E-state index in [-0.39, 0.29) is 0 Å². The number of carbonyl (C=O) groups excluding carboxylic acids is 1. The Hall–Kier alpha value is 0.0200. The Kier molecular flexibility index (Phi) is 5.61. The van der Waals surface area contributed by atoms with Gasteiger partial charge in [-0.15, -0.1) is 0 Å². The molecular formula is C12H22OS. The predicted octanol–water partition coefficient (Wildman–Crippen LogP) is 3.53. The van der Waals surface area contributed by atoms with Gasteiger partial charge in [0.15, 0.2) is 0 Å². The van der Waals surface area contributed by atoms with Crippen LogP contribution in [0.2, 0.25) is 0 Å². The first-order chi connectivity index (χ1) is 6.68. The zero-order valence-corrected chi connectivity index (χ0v) is 10.2. The van der Waals surface area contributed by atoms with Crippen LogP contribution in [0.15, 0.2) is 0 Å². The largest absolute Gasteiger partial charge is 0.300 e. The van der Waals surface area contributed by atoms with Crippen LogP contribution in [-0.2, 0) is 4.79 Å². The van der Waals surface area contributed by atoms with Crippen LogP contribution in [0.5, 0.6) is 0 Å². The lowest BCUT2D eigenvalue weighted by atomic mass is 9.93. The van der Waals surface area contributed by atoms with Crippen molar-refractivity contribution < 1.29 is 4.79 Å². The Balaban J connectivity index is 2.12. The summed E-state index contributed by atoms with van der Waals surface area (Å²) in [5.74, 6) is 4.40. The zero-order valence-electron chi connectivity index (χ0n) is 9.42. The number of hydrogen-bond acceptors (Lipinski definition) is 2. The topological polar surface area (TPSA) is 17.1 Å². The van der Waals surface area contributed by atoms with Gasteiger partial charge in [-0.3, -0.25) is 4.79 Å². The molecule has 1 nitrogen and oxygen atoms in total. The SMILES string of the molecule is CC(C)CCC(=O)CC1CCSCC1. The fraction of sp³-hybridized carbons (Fsp3) is 0.917. The van der Waals surface area contributed by atoms with E-state index in [1.165, 1.54) is 24.3 Å². The van der Waals surface area contributed by atoms with Gasteiger partial charge in [-0.1, -0.05) is 13.8 Å². The van der Waals surface area contributed by atoms with Gasteiger partial charge in [0.25, 0.3) is 0 Å². The summed E-state index contributed by atoms with van der Waals surface area (Å²) in [7, 11) is 0. The molecule has 1 rings (SSSR count). The average Bonchev–Trinajstić information content (AvgIpc) is 2.16. The molecule has 1 fully saturated rings. The predicted molar refractivity (Wildman–Crippen MR) is 63.7 cm³/mol. The third-order valence-electron chi connectivity index (χ3n) is 2.86. The van der Waals surface area contributed by atoms with Crippen molar-refractivity contribution in [2.24, 2.45) is 11.8 Å². The average molecular weight is 214 g/mol. The molecule has 0 amide bonds. The van der Waals surface area contributed by atoms with Gasteiger partial charge in [-0.25, -0.2) is 0 Å². The van der Waals surface area contributed by atoms with Gasteiger partial charge in [-0.2, -0.15) is 11.8 Å². The standard InChI is InChI=1S/C12H22OS/c1-10(2)3-4-12(13)9-11-5-7-14-8-6-11/h10-11H,3-9H2,1-2H3. The summed E-state index contributed by atoms with van der Waals surface area (Å²) in [5, 5.41) is 0. The van der Waals surface area contributed by atoms with Crippen LogP contribution in [0.1, 0.15) is 46.0 Å². The van der Waals surface area contributed by atoms with E-state index >= 15 is 0 Å². The molecule has 1 heterocycles. The van der Waals surface area contributed by atoms with Gasteiger partial charge in [0, 0.05) is 12.8 Å². The second-order valence-corrected chi connectivity index (χ2v) is 5.96. The molecular weight excluding hydrogens is 192 g/mol. The summed E-state index contributed by atoms with van der Waals surface area (Å²) < 4.78 is 0. The molecule has 0 bridgehead atoms. The molecule has 0 unspecified atom stereocenters. The van der Waals surface area contributed by atoms with Crippen molar-refractivity contribution in [3.63, 3.8) is 0 Å². The van der Waals surface area contributed by atoms with Crippen molar-refractivity contribution in [3.05, 3.63) is 0 Å². The maximum absolute atomic E-state index is 11.6. The lowest BCUT2D eigenvalue weighted by Gasteiger charge is -2.20. The van der Waals surface area contributed by atoms with Crippen LogP contribution in [-0.4, -0.2) is 17.3 Å². The first kappa shape index (κ1) is 12.1. The van der Waals surface area contributed by atoms with Crippen molar-refractivity contribution in [3.8, 4) is 0 Å². The molecule has 1 saturated heterocycles. The molecule has 0 aromatic rings. The normalized spacial score (nSPS) is 18.8. The van der Waals surface area contributed by atoms with E-state index in [9.17, 15) is 4.79 Å². The molecule has 0 spiro atoms.